The van der Waals surface area contributed by atoms with Crippen LogP contribution in [0.2, 0.25) is 0 Å². The highest BCUT2D eigenvalue weighted by atomic mass is 32.2. The van der Waals surface area contributed by atoms with Crippen molar-refractivity contribution in [1.82, 2.24) is 14.8 Å². The molecule has 0 radical (unpaired) electrons. The van der Waals surface area contributed by atoms with E-state index in [0.29, 0.717) is 6.42 Å². The number of hydrogen-bond acceptors (Lipinski definition) is 5. The van der Waals surface area contributed by atoms with E-state index in [1.165, 1.54) is 11.8 Å². The minimum Gasteiger partial charge on any atom is -0.325 e. The quantitative estimate of drug-likeness (QED) is 0.853. The fraction of sp³-hybridized carbons (Fsp3) is 0.357. The molecule has 0 aliphatic carbocycles. The Bertz CT molecular complexity index is 596. The first-order valence-electron chi connectivity index (χ1n) is 6.78. The van der Waals surface area contributed by atoms with E-state index in [2.05, 4.69) is 15.5 Å². The molecule has 0 fully saturated rings. The van der Waals surface area contributed by atoms with Crippen LogP contribution in [0.1, 0.15) is 19.8 Å². The van der Waals surface area contributed by atoms with E-state index < -0.39 is 6.04 Å². The molecule has 1 heterocycles. The van der Waals surface area contributed by atoms with Gasteiger partial charge >= 0.3 is 0 Å². The summed E-state index contributed by atoms with van der Waals surface area (Å²) in [6.45, 7) is 2.01. The molecule has 0 bridgehead atoms. The summed E-state index contributed by atoms with van der Waals surface area (Å²) in [5.74, 6) is -0.148. The molecule has 0 aliphatic rings. The van der Waals surface area contributed by atoms with Crippen molar-refractivity contribution in [3.63, 3.8) is 0 Å². The van der Waals surface area contributed by atoms with E-state index in [1.807, 2.05) is 42.8 Å². The highest BCUT2D eigenvalue weighted by molar-refractivity contribution is 7.99. The van der Waals surface area contributed by atoms with Crippen molar-refractivity contribution in [2.24, 2.45) is 12.8 Å². The first kappa shape index (κ1) is 15.5. The van der Waals surface area contributed by atoms with Crippen molar-refractivity contribution < 1.29 is 4.79 Å². The minimum atomic E-state index is -0.456. The lowest BCUT2D eigenvalue weighted by molar-refractivity contribution is -0.117. The molecular weight excluding hydrogens is 286 g/mol. The highest BCUT2D eigenvalue weighted by Crippen LogP contribution is 2.26. The molecule has 112 valence electrons. The highest BCUT2D eigenvalue weighted by Gasteiger charge is 2.12. The van der Waals surface area contributed by atoms with Crippen LogP contribution in [-0.4, -0.2) is 26.7 Å². The normalized spacial score (nSPS) is 12.1. The van der Waals surface area contributed by atoms with Gasteiger partial charge in [-0.3, -0.25) is 4.79 Å². The van der Waals surface area contributed by atoms with Crippen LogP contribution in [0.4, 0.5) is 5.69 Å². The van der Waals surface area contributed by atoms with Crippen LogP contribution in [0.3, 0.4) is 0 Å². The first-order chi connectivity index (χ1) is 10.1. The monoisotopic (exact) mass is 305 g/mol. The number of nitrogens with two attached hydrogens (primary N) is 1. The second-order valence-corrected chi connectivity index (χ2v) is 5.78. The van der Waals surface area contributed by atoms with Crippen LogP contribution in [0.15, 0.2) is 40.6 Å². The number of benzene rings is 1. The number of anilines is 1. The summed E-state index contributed by atoms with van der Waals surface area (Å²) < 4.78 is 1.85. The van der Waals surface area contributed by atoms with Crippen LogP contribution in [-0.2, 0) is 11.8 Å². The number of hydrogen-bond donors (Lipinski definition) is 2. The zero-order chi connectivity index (χ0) is 15.2. The second kappa shape index (κ2) is 7.24. The fourth-order valence-corrected chi connectivity index (χ4v) is 2.52. The van der Waals surface area contributed by atoms with Gasteiger partial charge < -0.3 is 15.6 Å². The van der Waals surface area contributed by atoms with Gasteiger partial charge in [0.15, 0.2) is 5.16 Å². The van der Waals surface area contributed by atoms with E-state index in [9.17, 15) is 4.79 Å². The zero-order valence-electron chi connectivity index (χ0n) is 12.1. The van der Waals surface area contributed by atoms with Gasteiger partial charge in [0, 0.05) is 17.6 Å². The summed E-state index contributed by atoms with van der Waals surface area (Å²) in [5.41, 5.74) is 6.52. The third-order valence-electron chi connectivity index (χ3n) is 2.94. The van der Waals surface area contributed by atoms with Gasteiger partial charge in [-0.15, -0.1) is 10.2 Å². The van der Waals surface area contributed by atoms with Gasteiger partial charge in [0.05, 0.1) is 6.04 Å². The Morgan fingerprint density at radius 2 is 2.14 bits per heavy atom. The molecule has 0 saturated heterocycles. The molecule has 7 heteroatoms. The number of carbonyl (C=O) groups excluding carboxylic acids is 1. The smallest absolute Gasteiger partial charge is 0.241 e. The van der Waals surface area contributed by atoms with Crippen molar-refractivity contribution in [1.29, 1.82) is 0 Å². The molecule has 1 aromatic carbocycles. The standard InChI is InChI=1S/C14H19N5OS/c1-3-4-12(15)13(20)17-10-5-7-11(8-6-10)21-14-18-16-9-19(14)2/h5-9,12H,3-4,15H2,1-2H3,(H,17,20). The minimum absolute atomic E-state index is 0.148. The van der Waals surface area contributed by atoms with Crippen molar-refractivity contribution in [3.8, 4) is 0 Å². The Hall–Kier alpha value is -1.86. The molecule has 2 aromatic rings. The number of nitrogens with zero attached hydrogens (tertiary/aromatic N) is 3. The molecule has 0 aliphatic heterocycles. The lowest BCUT2D eigenvalue weighted by atomic mass is 10.1. The molecule has 21 heavy (non-hydrogen) atoms. The summed E-state index contributed by atoms with van der Waals surface area (Å²) in [6, 6.07) is 7.12. The zero-order valence-corrected chi connectivity index (χ0v) is 12.9. The van der Waals surface area contributed by atoms with Crippen LogP contribution in [0, 0.1) is 0 Å². The van der Waals surface area contributed by atoms with Crippen LogP contribution >= 0.6 is 11.8 Å². The lowest BCUT2D eigenvalue weighted by Gasteiger charge is -2.11. The Morgan fingerprint density at radius 3 is 2.71 bits per heavy atom. The topological polar surface area (TPSA) is 85.8 Å². The van der Waals surface area contributed by atoms with Gasteiger partial charge in [-0.05, 0) is 42.4 Å². The molecule has 1 aromatic heterocycles. The summed E-state index contributed by atoms with van der Waals surface area (Å²) >= 11 is 1.51. The van der Waals surface area contributed by atoms with Crippen LogP contribution in [0.5, 0.6) is 0 Å². The van der Waals surface area contributed by atoms with E-state index in [0.717, 1.165) is 22.2 Å². The Labute approximate surface area is 128 Å². The molecule has 3 N–H and O–H groups in total. The Kier molecular flexibility index (Phi) is 5.35. The van der Waals surface area contributed by atoms with E-state index in [1.54, 1.807) is 6.33 Å². The fourth-order valence-electron chi connectivity index (χ4n) is 1.75. The summed E-state index contributed by atoms with van der Waals surface area (Å²) in [5, 5.41) is 11.5. The molecule has 2 rings (SSSR count). The third-order valence-corrected chi connectivity index (χ3v) is 4.00. The Morgan fingerprint density at radius 1 is 1.43 bits per heavy atom. The van der Waals surface area contributed by atoms with Crippen molar-refractivity contribution >= 4 is 23.4 Å². The first-order valence-corrected chi connectivity index (χ1v) is 7.60. The van der Waals surface area contributed by atoms with E-state index >= 15 is 0 Å². The largest absolute Gasteiger partial charge is 0.325 e. The lowest BCUT2D eigenvalue weighted by Crippen LogP contribution is -2.35. The summed E-state index contributed by atoms with van der Waals surface area (Å²) in [6.07, 6.45) is 3.24. The van der Waals surface area contributed by atoms with Crippen LogP contribution < -0.4 is 11.1 Å². The summed E-state index contributed by atoms with van der Waals surface area (Å²) in [4.78, 5) is 12.9. The number of rotatable bonds is 6. The number of nitrogens with one attached hydrogen (secondary N) is 1. The maximum absolute atomic E-state index is 11.8. The van der Waals surface area contributed by atoms with Crippen LogP contribution in [0.25, 0.3) is 0 Å². The van der Waals surface area contributed by atoms with Gasteiger partial charge in [0.25, 0.3) is 0 Å². The predicted molar refractivity (Wildman–Crippen MR) is 83.1 cm³/mol. The predicted octanol–water partition coefficient (Wildman–Crippen LogP) is 2.03. The average molecular weight is 305 g/mol. The number of aryl methyl sites for hydroxylation is 1. The second-order valence-electron chi connectivity index (χ2n) is 4.74. The number of carbonyl (C=O) groups is 1. The molecule has 1 amide bonds. The third kappa shape index (κ3) is 4.30. The van der Waals surface area contributed by atoms with Crippen molar-refractivity contribution in [2.45, 2.75) is 35.9 Å². The molecular formula is C14H19N5OS. The molecule has 1 unspecified atom stereocenters. The molecule has 1 atom stereocenters. The van der Waals surface area contributed by atoms with Gasteiger partial charge in [0.1, 0.15) is 6.33 Å². The summed E-state index contributed by atoms with van der Waals surface area (Å²) in [7, 11) is 1.89. The number of aromatic nitrogens is 3. The number of amides is 1. The van der Waals surface area contributed by atoms with E-state index in [-0.39, 0.29) is 5.91 Å². The molecule has 6 nitrogen and oxygen atoms in total. The van der Waals surface area contributed by atoms with E-state index in [4.69, 9.17) is 5.73 Å². The van der Waals surface area contributed by atoms with Crippen molar-refractivity contribution in [2.75, 3.05) is 5.32 Å². The molecule has 0 spiro atoms. The van der Waals surface area contributed by atoms with Gasteiger partial charge in [-0.25, -0.2) is 0 Å². The molecule has 0 saturated carbocycles. The van der Waals surface area contributed by atoms with Gasteiger partial charge in [-0.2, -0.15) is 0 Å². The van der Waals surface area contributed by atoms with Gasteiger partial charge in [0.2, 0.25) is 5.91 Å². The maximum Gasteiger partial charge on any atom is 0.241 e. The SMILES string of the molecule is CCCC(N)C(=O)Nc1ccc(Sc2nncn2C)cc1. The van der Waals surface area contributed by atoms with Gasteiger partial charge in [-0.1, -0.05) is 13.3 Å². The van der Waals surface area contributed by atoms with Crippen molar-refractivity contribution in [3.05, 3.63) is 30.6 Å². The average Bonchev–Trinajstić information content (AvgIpc) is 2.86. The maximum atomic E-state index is 11.8. The Balaban J connectivity index is 1.96.